The number of hydrogen-bond acceptors (Lipinski definition) is 6. The molecule has 8 heteroatoms. The molecular weight excluding hydrogens is 378 g/mol. The van der Waals surface area contributed by atoms with Gasteiger partial charge in [-0.2, -0.15) is 5.26 Å². The first-order valence-electron chi connectivity index (χ1n) is 6.82. The molecule has 6 nitrogen and oxygen atoms in total. The molecule has 0 spiro atoms. The van der Waals surface area contributed by atoms with E-state index in [9.17, 15) is 4.79 Å². The number of nitrogens with zero attached hydrogens (tertiary/aromatic N) is 4. The lowest BCUT2D eigenvalue weighted by molar-refractivity contribution is -0.116. The second kappa shape index (κ2) is 6.56. The molecule has 0 bridgehead atoms. The lowest BCUT2D eigenvalue weighted by Gasteiger charge is -2.17. The first kappa shape index (κ1) is 15.8. The van der Waals surface area contributed by atoms with Crippen LogP contribution in [0.2, 0.25) is 0 Å². The summed E-state index contributed by atoms with van der Waals surface area (Å²) >= 11 is 4.66. The Morgan fingerprint density at radius 2 is 2.35 bits per heavy atom. The maximum Gasteiger partial charge on any atom is 0.237 e. The fourth-order valence-electron chi connectivity index (χ4n) is 2.37. The highest BCUT2D eigenvalue weighted by Gasteiger charge is 2.24. The van der Waals surface area contributed by atoms with Crippen molar-refractivity contribution in [1.29, 1.82) is 5.26 Å². The van der Waals surface area contributed by atoms with Crippen LogP contribution < -0.4 is 10.6 Å². The van der Waals surface area contributed by atoms with Crippen LogP contribution in [0, 0.1) is 11.3 Å². The van der Waals surface area contributed by atoms with Crippen LogP contribution in [0.15, 0.2) is 34.0 Å². The minimum atomic E-state index is 0.00241. The Bertz CT molecular complexity index is 820. The van der Waals surface area contributed by atoms with Gasteiger partial charge in [0.25, 0.3) is 0 Å². The number of nitrogens with two attached hydrogens (primary N) is 1. The Hall–Kier alpha value is -2.11. The number of carbonyl (C=O) groups is 1. The second-order valence-corrected chi connectivity index (χ2v) is 6.78. The third kappa shape index (κ3) is 3.30. The van der Waals surface area contributed by atoms with E-state index < -0.39 is 0 Å². The smallest absolute Gasteiger partial charge is 0.237 e. The van der Waals surface area contributed by atoms with E-state index in [0.29, 0.717) is 11.7 Å². The van der Waals surface area contributed by atoms with E-state index in [1.54, 1.807) is 4.90 Å². The molecule has 2 heterocycles. The number of hydrogen-bond donors (Lipinski definition) is 1. The number of halogens is 1. The molecule has 0 saturated carbocycles. The molecule has 0 unspecified atom stereocenters. The quantitative estimate of drug-likeness (QED) is 0.639. The normalized spacial score (nSPS) is 12.8. The van der Waals surface area contributed by atoms with E-state index in [4.69, 9.17) is 11.0 Å². The maximum absolute atomic E-state index is 12.4. The van der Waals surface area contributed by atoms with Crippen LogP contribution in [0.25, 0.3) is 0 Å². The molecule has 1 aromatic heterocycles. The van der Waals surface area contributed by atoms with Crippen molar-refractivity contribution in [2.75, 3.05) is 22.9 Å². The maximum atomic E-state index is 12.4. The van der Waals surface area contributed by atoms with Crippen LogP contribution in [-0.2, 0) is 11.2 Å². The number of nitriles is 1. The molecule has 2 aromatic rings. The average molecular weight is 390 g/mol. The molecular formula is C15H12BrN5OS. The minimum Gasteiger partial charge on any atom is -0.382 e. The Balaban J connectivity index is 1.67. The number of nitrogen functional groups attached to an aromatic ring is 1. The second-order valence-electron chi connectivity index (χ2n) is 4.92. The summed E-state index contributed by atoms with van der Waals surface area (Å²) in [6.07, 6.45) is 2.23. The highest BCUT2D eigenvalue weighted by Crippen LogP contribution is 2.31. The van der Waals surface area contributed by atoms with Gasteiger partial charge in [-0.05, 0) is 30.2 Å². The molecule has 1 amide bonds. The highest BCUT2D eigenvalue weighted by atomic mass is 79.9. The van der Waals surface area contributed by atoms with Gasteiger partial charge in [-0.1, -0.05) is 27.7 Å². The van der Waals surface area contributed by atoms with Crippen molar-refractivity contribution in [3.63, 3.8) is 0 Å². The zero-order valence-corrected chi connectivity index (χ0v) is 14.4. The standard InChI is InChI=1S/C15H12BrN5OS/c16-11-1-2-12-9(5-11)3-4-21(12)13(22)8-23-15-19-7-10(6-17)14(18)20-15/h1-2,5,7H,3-4,8H2,(H2,18,19,20). The predicted octanol–water partition coefficient (Wildman–Crippen LogP) is 2.37. The number of aromatic nitrogens is 2. The number of amides is 1. The van der Waals surface area contributed by atoms with Crippen molar-refractivity contribution in [1.82, 2.24) is 9.97 Å². The molecule has 0 atom stereocenters. The van der Waals surface area contributed by atoms with Crippen molar-refractivity contribution >= 4 is 45.1 Å². The van der Waals surface area contributed by atoms with Crippen molar-refractivity contribution in [2.45, 2.75) is 11.6 Å². The zero-order valence-electron chi connectivity index (χ0n) is 12.0. The first-order chi connectivity index (χ1) is 11.1. The largest absolute Gasteiger partial charge is 0.382 e. The van der Waals surface area contributed by atoms with Crippen LogP contribution in [0.3, 0.4) is 0 Å². The summed E-state index contributed by atoms with van der Waals surface area (Å²) in [4.78, 5) is 22.3. The Morgan fingerprint density at radius 3 is 3.09 bits per heavy atom. The minimum absolute atomic E-state index is 0.00241. The molecule has 3 rings (SSSR count). The summed E-state index contributed by atoms with van der Waals surface area (Å²) in [7, 11) is 0. The molecule has 1 aliphatic rings. The summed E-state index contributed by atoms with van der Waals surface area (Å²) in [6.45, 7) is 0.682. The molecule has 0 aliphatic carbocycles. The molecule has 0 saturated heterocycles. The lowest BCUT2D eigenvalue weighted by Crippen LogP contribution is -2.30. The average Bonchev–Trinajstić information content (AvgIpc) is 2.95. The van der Waals surface area contributed by atoms with E-state index in [1.165, 1.54) is 18.0 Å². The zero-order chi connectivity index (χ0) is 16.4. The predicted molar refractivity (Wildman–Crippen MR) is 92.1 cm³/mol. The summed E-state index contributed by atoms with van der Waals surface area (Å²) in [6, 6.07) is 7.83. The summed E-state index contributed by atoms with van der Waals surface area (Å²) in [5, 5.41) is 9.20. The molecule has 23 heavy (non-hydrogen) atoms. The summed E-state index contributed by atoms with van der Waals surface area (Å²) in [5.41, 5.74) is 8.01. The molecule has 2 N–H and O–H groups in total. The first-order valence-corrected chi connectivity index (χ1v) is 8.60. The van der Waals surface area contributed by atoms with E-state index >= 15 is 0 Å². The van der Waals surface area contributed by atoms with Gasteiger partial charge >= 0.3 is 0 Å². The monoisotopic (exact) mass is 389 g/mol. The molecule has 1 aromatic carbocycles. The fraction of sp³-hybridized carbons (Fsp3) is 0.200. The highest BCUT2D eigenvalue weighted by molar-refractivity contribution is 9.10. The van der Waals surface area contributed by atoms with Gasteiger partial charge in [0.15, 0.2) is 5.16 Å². The summed E-state index contributed by atoms with van der Waals surface area (Å²) in [5.74, 6) is 0.359. The molecule has 1 aliphatic heterocycles. The Labute approximate surface area is 145 Å². The van der Waals surface area contributed by atoms with Gasteiger partial charge in [-0.3, -0.25) is 4.79 Å². The SMILES string of the molecule is N#Cc1cnc(SCC(=O)N2CCc3cc(Br)ccc32)nc1N. The number of fused-ring (bicyclic) bond motifs is 1. The van der Waals surface area contributed by atoms with Gasteiger partial charge in [0.05, 0.1) is 11.9 Å². The summed E-state index contributed by atoms with van der Waals surface area (Å²) < 4.78 is 1.02. The number of carbonyl (C=O) groups excluding carboxylic acids is 1. The van der Waals surface area contributed by atoms with Crippen molar-refractivity contribution < 1.29 is 4.79 Å². The molecule has 0 radical (unpaired) electrons. The van der Waals surface area contributed by atoms with Gasteiger partial charge in [0.1, 0.15) is 17.5 Å². The number of rotatable bonds is 3. The van der Waals surface area contributed by atoms with Crippen molar-refractivity contribution in [2.24, 2.45) is 0 Å². The van der Waals surface area contributed by atoms with Crippen molar-refractivity contribution in [3.8, 4) is 6.07 Å². The van der Waals surface area contributed by atoms with Gasteiger partial charge in [-0.15, -0.1) is 0 Å². The fourth-order valence-corrected chi connectivity index (χ4v) is 3.47. The van der Waals surface area contributed by atoms with E-state index in [-0.39, 0.29) is 23.0 Å². The molecule has 116 valence electrons. The van der Waals surface area contributed by atoms with Crippen LogP contribution >= 0.6 is 27.7 Å². The third-order valence-corrected chi connectivity index (χ3v) is 4.82. The van der Waals surface area contributed by atoms with E-state index in [1.807, 2.05) is 24.3 Å². The third-order valence-electron chi connectivity index (χ3n) is 3.48. The Morgan fingerprint density at radius 1 is 1.52 bits per heavy atom. The van der Waals surface area contributed by atoms with Gasteiger partial charge < -0.3 is 10.6 Å². The van der Waals surface area contributed by atoms with Gasteiger partial charge in [0.2, 0.25) is 5.91 Å². The topological polar surface area (TPSA) is 95.9 Å². The van der Waals surface area contributed by atoms with Crippen LogP contribution in [0.4, 0.5) is 11.5 Å². The van der Waals surface area contributed by atoms with Crippen LogP contribution in [-0.4, -0.2) is 28.2 Å². The number of thioether (sulfide) groups is 1. The van der Waals surface area contributed by atoms with Crippen LogP contribution in [0.5, 0.6) is 0 Å². The van der Waals surface area contributed by atoms with Gasteiger partial charge in [-0.25, -0.2) is 9.97 Å². The van der Waals surface area contributed by atoms with E-state index in [2.05, 4.69) is 25.9 Å². The van der Waals surface area contributed by atoms with Gasteiger partial charge in [0, 0.05) is 16.7 Å². The van der Waals surface area contributed by atoms with E-state index in [0.717, 1.165) is 22.1 Å². The Kier molecular flexibility index (Phi) is 4.50. The number of anilines is 2. The number of benzene rings is 1. The lowest BCUT2D eigenvalue weighted by atomic mass is 10.2. The van der Waals surface area contributed by atoms with Crippen LogP contribution in [0.1, 0.15) is 11.1 Å². The van der Waals surface area contributed by atoms with Crippen molar-refractivity contribution in [3.05, 3.63) is 40.0 Å². The molecule has 0 fully saturated rings.